The zero-order chi connectivity index (χ0) is 18.2. The molecule has 0 aromatic heterocycles. The van der Waals surface area contributed by atoms with Crippen molar-refractivity contribution in [2.24, 2.45) is 0 Å². The summed E-state index contributed by atoms with van der Waals surface area (Å²) in [5.74, 6) is -1.16. The molecule has 130 valence electrons. The Bertz CT molecular complexity index is 742. The Balaban J connectivity index is 1.97. The highest BCUT2D eigenvalue weighted by Gasteiger charge is 2.10. The number of benzene rings is 2. The molecule has 0 fully saturated rings. The van der Waals surface area contributed by atoms with Gasteiger partial charge in [-0.3, -0.25) is 0 Å². The number of unbranched alkanes of at least 4 members (excludes halogenated alkanes) is 2. The molecule has 2 aromatic carbocycles. The summed E-state index contributed by atoms with van der Waals surface area (Å²) in [7, 11) is 0. The van der Waals surface area contributed by atoms with Crippen LogP contribution in [0.25, 0.3) is 5.57 Å². The fraction of sp³-hybridized carbons (Fsp3) is 0.238. The second-order valence-corrected chi connectivity index (χ2v) is 5.85. The van der Waals surface area contributed by atoms with Crippen molar-refractivity contribution in [3.63, 3.8) is 0 Å². The average Bonchev–Trinajstić information content (AvgIpc) is 2.62. The van der Waals surface area contributed by atoms with Crippen LogP contribution in [-0.2, 0) is 11.2 Å². The molecule has 0 aliphatic heterocycles. The first-order valence-corrected chi connectivity index (χ1v) is 8.35. The van der Waals surface area contributed by atoms with E-state index in [2.05, 4.69) is 13.5 Å². The van der Waals surface area contributed by atoms with Gasteiger partial charge in [-0.2, -0.15) is 0 Å². The number of carbonyl (C=O) groups is 2. The number of carboxylic acids is 1. The van der Waals surface area contributed by atoms with E-state index in [1.807, 2.05) is 12.1 Å². The van der Waals surface area contributed by atoms with Crippen molar-refractivity contribution in [1.82, 2.24) is 0 Å². The zero-order valence-corrected chi connectivity index (χ0v) is 14.3. The summed E-state index contributed by atoms with van der Waals surface area (Å²) in [4.78, 5) is 23.1. The van der Waals surface area contributed by atoms with Crippen molar-refractivity contribution >= 4 is 17.5 Å². The van der Waals surface area contributed by atoms with Gasteiger partial charge in [0, 0.05) is 0 Å². The molecule has 4 nitrogen and oxygen atoms in total. The topological polar surface area (TPSA) is 63.6 Å². The molecule has 0 bridgehead atoms. The minimum absolute atomic E-state index is 0.00321. The minimum Gasteiger partial charge on any atom is -0.478 e. The van der Waals surface area contributed by atoms with Crippen LogP contribution >= 0.6 is 0 Å². The lowest BCUT2D eigenvalue weighted by Crippen LogP contribution is -2.08. The summed E-state index contributed by atoms with van der Waals surface area (Å²) < 4.78 is 5.32. The Morgan fingerprint density at radius 2 is 1.56 bits per heavy atom. The van der Waals surface area contributed by atoms with E-state index >= 15 is 0 Å². The largest absolute Gasteiger partial charge is 0.478 e. The lowest BCUT2D eigenvalue weighted by molar-refractivity contribution is -0.130. The molecule has 0 aliphatic rings. The quantitative estimate of drug-likeness (QED) is 0.327. The van der Waals surface area contributed by atoms with E-state index in [4.69, 9.17) is 9.84 Å². The molecule has 25 heavy (non-hydrogen) atoms. The number of hydrogen-bond donors (Lipinski definition) is 1. The zero-order valence-electron chi connectivity index (χ0n) is 14.3. The van der Waals surface area contributed by atoms with E-state index in [1.165, 1.54) is 18.4 Å². The summed E-state index contributed by atoms with van der Waals surface area (Å²) in [6.45, 7) is 5.66. The van der Waals surface area contributed by atoms with Crippen LogP contribution < -0.4 is 4.74 Å². The molecule has 0 saturated carbocycles. The molecule has 1 N–H and O–H groups in total. The van der Waals surface area contributed by atoms with Gasteiger partial charge < -0.3 is 9.84 Å². The Labute approximate surface area is 147 Å². The summed E-state index contributed by atoms with van der Waals surface area (Å²) in [5.41, 5.74) is 2.17. The monoisotopic (exact) mass is 338 g/mol. The summed E-state index contributed by atoms with van der Waals surface area (Å²) >= 11 is 0. The van der Waals surface area contributed by atoms with Gasteiger partial charge >= 0.3 is 11.9 Å². The maximum Gasteiger partial charge on any atom is 0.343 e. The maximum absolute atomic E-state index is 12.2. The Morgan fingerprint density at radius 3 is 2.12 bits per heavy atom. The predicted octanol–water partition coefficient (Wildman–Crippen LogP) is 4.74. The third kappa shape index (κ3) is 5.31. The maximum atomic E-state index is 12.2. The molecule has 0 saturated heterocycles. The van der Waals surface area contributed by atoms with Crippen LogP contribution in [0.4, 0.5) is 0 Å². The van der Waals surface area contributed by atoms with E-state index in [0.717, 1.165) is 12.8 Å². The smallest absolute Gasteiger partial charge is 0.343 e. The Kier molecular flexibility index (Phi) is 6.52. The van der Waals surface area contributed by atoms with Crippen LogP contribution in [0.1, 0.15) is 47.7 Å². The highest BCUT2D eigenvalue weighted by molar-refractivity contribution is 6.14. The van der Waals surface area contributed by atoms with Crippen molar-refractivity contribution in [1.29, 1.82) is 0 Å². The van der Waals surface area contributed by atoms with Gasteiger partial charge in [0.2, 0.25) is 0 Å². The Hall–Kier alpha value is -2.88. The third-order valence-corrected chi connectivity index (χ3v) is 3.93. The number of aliphatic carboxylic acids is 1. The molecule has 0 heterocycles. The predicted molar refractivity (Wildman–Crippen MR) is 97.7 cm³/mol. The normalized spacial score (nSPS) is 10.3. The van der Waals surface area contributed by atoms with Gasteiger partial charge in [-0.15, -0.1) is 0 Å². The number of carboxylic acid groups (broad SMARTS) is 1. The molecule has 0 atom stereocenters. The highest BCUT2D eigenvalue weighted by Crippen LogP contribution is 2.19. The molecule has 0 amide bonds. The number of aryl methyl sites for hydroxylation is 1. The van der Waals surface area contributed by atoms with Crippen LogP contribution in [0, 0.1) is 0 Å². The highest BCUT2D eigenvalue weighted by atomic mass is 16.5. The van der Waals surface area contributed by atoms with Crippen molar-refractivity contribution < 1.29 is 19.4 Å². The van der Waals surface area contributed by atoms with Crippen molar-refractivity contribution in [2.75, 3.05) is 0 Å². The summed E-state index contributed by atoms with van der Waals surface area (Å²) in [6, 6.07) is 13.7. The van der Waals surface area contributed by atoms with Crippen LogP contribution in [0.3, 0.4) is 0 Å². The number of carbonyl (C=O) groups excluding carboxylic acids is 1. The Morgan fingerprint density at radius 1 is 0.960 bits per heavy atom. The molecule has 4 heteroatoms. The van der Waals surface area contributed by atoms with Gasteiger partial charge in [-0.1, -0.05) is 50.6 Å². The molecule has 0 unspecified atom stereocenters. The molecule has 2 rings (SSSR count). The standard InChI is InChI=1S/C21H22O4/c1-3-4-5-6-16-7-9-18(10-8-16)21(24)25-19-13-11-17(12-14-19)15(2)20(22)23/h7-14H,2-6H2,1H3,(H,22,23). The van der Waals surface area contributed by atoms with Gasteiger partial charge in [0.1, 0.15) is 5.75 Å². The van der Waals surface area contributed by atoms with Gasteiger partial charge in [0.05, 0.1) is 11.1 Å². The average molecular weight is 338 g/mol. The molecule has 0 spiro atoms. The molecule has 2 aromatic rings. The van der Waals surface area contributed by atoms with E-state index in [0.29, 0.717) is 16.9 Å². The van der Waals surface area contributed by atoms with Crippen LogP contribution in [-0.4, -0.2) is 17.0 Å². The van der Waals surface area contributed by atoms with Crippen molar-refractivity contribution in [3.05, 3.63) is 71.8 Å². The first-order chi connectivity index (χ1) is 12.0. The summed E-state index contributed by atoms with van der Waals surface area (Å²) in [5, 5.41) is 8.90. The second kappa shape index (κ2) is 8.83. The minimum atomic E-state index is -1.08. The van der Waals surface area contributed by atoms with Crippen LogP contribution in [0.15, 0.2) is 55.1 Å². The fourth-order valence-corrected chi connectivity index (χ4v) is 2.40. The summed E-state index contributed by atoms with van der Waals surface area (Å²) in [6.07, 6.45) is 4.55. The van der Waals surface area contributed by atoms with Crippen molar-refractivity contribution in [3.8, 4) is 5.75 Å². The van der Waals surface area contributed by atoms with Gasteiger partial charge in [0.15, 0.2) is 0 Å². The lowest BCUT2D eigenvalue weighted by atomic mass is 10.1. The number of rotatable bonds is 8. The van der Waals surface area contributed by atoms with Crippen LogP contribution in [0.2, 0.25) is 0 Å². The SMILES string of the molecule is C=C(C(=O)O)c1ccc(OC(=O)c2ccc(CCCCC)cc2)cc1. The van der Waals surface area contributed by atoms with Crippen molar-refractivity contribution in [2.45, 2.75) is 32.6 Å². The van der Waals surface area contributed by atoms with E-state index < -0.39 is 11.9 Å². The van der Waals surface area contributed by atoms with Gasteiger partial charge in [-0.25, -0.2) is 9.59 Å². The number of ether oxygens (including phenoxy) is 1. The molecular weight excluding hydrogens is 316 g/mol. The molecular formula is C21H22O4. The lowest BCUT2D eigenvalue weighted by Gasteiger charge is -2.07. The third-order valence-electron chi connectivity index (χ3n) is 3.93. The fourth-order valence-electron chi connectivity index (χ4n) is 2.40. The van der Waals surface area contributed by atoms with E-state index in [9.17, 15) is 9.59 Å². The first kappa shape index (κ1) is 18.5. The van der Waals surface area contributed by atoms with Gasteiger partial charge in [0.25, 0.3) is 0 Å². The molecule has 0 radical (unpaired) electrons. The number of esters is 1. The first-order valence-electron chi connectivity index (χ1n) is 8.35. The number of hydrogen-bond acceptors (Lipinski definition) is 3. The van der Waals surface area contributed by atoms with Crippen LogP contribution in [0.5, 0.6) is 5.75 Å². The second-order valence-electron chi connectivity index (χ2n) is 5.85. The van der Waals surface area contributed by atoms with Gasteiger partial charge in [-0.05, 0) is 48.2 Å². The van der Waals surface area contributed by atoms with E-state index in [-0.39, 0.29) is 5.57 Å². The van der Waals surface area contributed by atoms with E-state index in [1.54, 1.807) is 36.4 Å². The molecule has 0 aliphatic carbocycles.